The van der Waals surface area contributed by atoms with Crippen LogP contribution in [0.15, 0.2) is 35.8 Å². The number of aromatic nitrogens is 1. The molecule has 2 heterocycles. The van der Waals surface area contributed by atoms with Crippen LogP contribution in [0.3, 0.4) is 0 Å². The maximum atomic E-state index is 12.1. The minimum atomic E-state index is -0.154. The van der Waals surface area contributed by atoms with E-state index < -0.39 is 0 Å². The number of hydrogen-bond donors (Lipinski definition) is 3. The minimum absolute atomic E-state index is 0.0261. The number of hydrogen-bond acceptors (Lipinski definition) is 5. The van der Waals surface area contributed by atoms with Crippen molar-refractivity contribution < 1.29 is 9.90 Å². The molecule has 112 valence electrons. The summed E-state index contributed by atoms with van der Waals surface area (Å²) in [5, 5.41) is 17.2. The maximum absolute atomic E-state index is 12.1. The molecule has 5 nitrogen and oxygen atoms in total. The first-order chi connectivity index (χ1) is 10.2. The third kappa shape index (κ3) is 4.54. The van der Waals surface area contributed by atoms with Crippen molar-refractivity contribution in [3.05, 3.63) is 46.3 Å². The number of pyridine rings is 1. The number of carbonyl (C=O) groups excluding carboxylic acids is 1. The number of aliphatic hydroxyl groups is 1. The van der Waals surface area contributed by atoms with Gasteiger partial charge in [-0.2, -0.15) is 0 Å². The van der Waals surface area contributed by atoms with Crippen LogP contribution in [0.2, 0.25) is 0 Å². The molecule has 2 rings (SSSR count). The van der Waals surface area contributed by atoms with Crippen molar-refractivity contribution in [2.75, 3.05) is 25.5 Å². The van der Waals surface area contributed by atoms with Gasteiger partial charge in [-0.3, -0.25) is 4.79 Å². The predicted octanol–water partition coefficient (Wildman–Crippen LogP) is 1.77. The molecule has 1 amide bonds. The highest BCUT2D eigenvalue weighted by Gasteiger charge is 2.12. The lowest BCUT2D eigenvalue weighted by atomic mass is 10.1. The highest BCUT2D eigenvalue weighted by atomic mass is 32.1. The van der Waals surface area contributed by atoms with Gasteiger partial charge in [-0.15, -0.1) is 11.3 Å². The quantitative estimate of drug-likeness (QED) is 0.729. The summed E-state index contributed by atoms with van der Waals surface area (Å²) in [7, 11) is 1.76. The summed E-state index contributed by atoms with van der Waals surface area (Å²) in [4.78, 5) is 17.4. The van der Waals surface area contributed by atoms with Crippen molar-refractivity contribution >= 4 is 23.1 Å². The molecule has 2 aromatic rings. The Morgan fingerprint density at radius 2 is 2.33 bits per heavy atom. The standard InChI is InChI=1S/C15H19N3O2S/c1-16-14-8-12(4-5-17-14)15(20)18-9-11(10-19)7-13-3-2-6-21-13/h2-6,8,11,19H,7,9-10H2,1H3,(H,16,17)(H,18,20). The molecular formula is C15H19N3O2S. The lowest BCUT2D eigenvalue weighted by Crippen LogP contribution is -2.31. The highest BCUT2D eigenvalue weighted by Crippen LogP contribution is 2.14. The largest absolute Gasteiger partial charge is 0.396 e. The fourth-order valence-corrected chi connectivity index (χ4v) is 2.78. The number of thiophene rings is 1. The summed E-state index contributed by atoms with van der Waals surface area (Å²) in [6, 6.07) is 7.40. The van der Waals surface area contributed by atoms with E-state index in [2.05, 4.69) is 15.6 Å². The second-order valence-corrected chi connectivity index (χ2v) is 5.75. The van der Waals surface area contributed by atoms with Gasteiger partial charge in [0.05, 0.1) is 0 Å². The molecule has 0 aliphatic rings. The monoisotopic (exact) mass is 305 g/mol. The third-order valence-corrected chi connectivity index (χ3v) is 4.06. The molecule has 3 N–H and O–H groups in total. The van der Waals surface area contributed by atoms with Crippen LogP contribution in [0.1, 0.15) is 15.2 Å². The van der Waals surface area contributed by atoms with E-state index in [0.29, 0.717) is 17.9 Å². The van der Waals surface area contributed by atoms with Gasteiger partial charge < -0.3 is 15.7 Å². The van der Waals surface area contributed by atoms with E-state index in [1.165, 1.54) is 4.88 Å². The summed E-state index contributed by atoms with van der Waals surface area (Å²) in [6.07, 6.45) is 2.36. The summed E-state index contributed by atoms with van der Waals surface area (Å²) < 4.78 is 0. The van der Waals surface area contributed by atoms with Gasteiger partial charge in [0.2, 0.25) is 0 Å². The van der Waals surface area contributed by atoms with Crippen molar-refractivity contribution in [1.29, 1.82) is 0 Å². The maximum Gasteiger partial charge on any atom is 0.251 e. The molecule has 1 unspecified atom stereocenters. The molecule has 21 heavy (non-hydrogen) atoms. The topological polar surface area (TPSA) is 74.2 Å². The first kappa shape index (κ1) is 15.5. The lowest BCUT2D eigenvalue weighted by molar-refractivity contribution is 0.0940. The Morgan fingerprint density at radius 3 is 3.00 bits per heavy atom. The number of aliphatic hydroxyl groups excluding tert-OH is 1. The fraction of sp³-hybridized carbons (Fsp3) is 0.333. The second kappa shape index (κ2) is 7.75. The van der Waals surface area contributed by atoms with E-state index in [1.54, 1.807) is 36.7 Å². The number of nitrogens with zero attached hydrogens (tertiary/aromatic N) is 1. The van der Waals surface area contributed by atoms with Crippen molar-refractivity contribution in [3.63, 3.8) is 0 Å². The number of nitrogens with one attached hydrogen (secondary N) is 2. The first-order valence-electron chi connectivity index (χ1n) is 6.78. The fourth-order valence-electron chi connectivity index (χ4n) is 1.96. The van der Waals surface area contributed by atoms with Crippen LogP contribution in [0.25, 0.3) is 0 Å². The van der Waals surface area contributed by atoms with Gasteiger partial charge in [0.15, 0.2) is 0 Å². The zero-order chi connectivity index (χ0) is 15.1. The van der Waals surface area contributed by atoms with Crippen LogP contribution in [0, 0.1) is 5.92 Å². The van der Waals surface area contributed by atoms with Gasteiger partial charge >= 0.3 is 0 Å². The van der Waals surface area contributed by atoms with Gasteiger partial charge in [-0.05, 0) is 30.0 Å². The molecule has 6 heteroatoms. The van der Waals surface area contributed by atoms with Gasteiger partial charge in [0, 0.05) is 42.8 Å². The normalized spacial score (nSPS) is 11.9. The molecule has 0 fully saturated rings. The van der Waals surface area contributed by atoms with Crippen LogP contribution < -0.4 is 10.6 Å². The van der Waals surface area contributed by atoms with Crippen molar-refractivity contribution in [2.24, 2.45) is 5.92 Å². The molecule has 0 aromatic carbocycles. The smallest absolute Gasteiger partial charge is 0.251 e. The van der Waals surface area contributed by atoms with Gasteiger partial charge in [-0.25, -0.2) is 4.98 Å². The SMILES string of the molecule is CNc1cc(C(=O)NCC(CO)Cc2cccs2)ccn1. The molecule has 0 spiro atoms. The Morgan fingerprint density at radius 1 is 1.48 bits per heavy atom. The second-order valence-electron chi connectivity index (χ2n) is 4.72. The lowest BCUT2D eigenvalue weighted by Gasteiger charge is -2.14. The molecule has 0 aliphatic carbocycles. The van der Waals surface area contributed by atoms with E-state index in [9.17, 15) is 9.90 Å². The highest BCUT2D eigenvalue weighted by molar-refractivity contribution is 7.09. The number of rotatable bonds is 7. The summed E-state index contributed by atoms with van der Waals surface area (Å²) in [5.74, 6) is 0.525. The summed E-state index contributed by atoms with van der Waals surface area (Å²) in [5.41, 5.74) is 0.558. The van der Waals surface area contributed by atoms with E-state index in [-0.39, 0.29) is 18.4 Å². The van der Waals surface area contributed by atoms with Crippen molar-refractivity contribution in [1.82, 2.24) is 10.3 Å². The molecule has 0 saturated carbocycles. The predicted molar refractivity (Wildman–Crippen MR) is 84.7 cm³/mol. The van der Waals surface area contributed by atoms with Crippen LogP contribution in [0.4, 0.5) is 5.82 Å². The Kier molecular flexibility index (Phi) is 5.71. The van der Waals surface area contributed by atoms with Crippen molar-refractivity contribution in [2.45, 2.75) is 6.42 Å². The van der Waals surface area contributed by atoms with E-state index in [0.717, 1.165) is 6.42 Å². The molecule has 0 radical (unpaired) electrons. The summed E-state index contributed by atoms with van der Waals surface area (Å²) >= 11 is 1.66. The molecule has 0 saturated heterocycles. The Labute approximate surface area is 128 Å². The van der Waals surface area contributed by atoms with Crippen molar-refractivity contribution in [3.8, 4) is 0 Å². The average Bonchev–Trinajstić information content (AvgIpc) is 3.04. The Hall–Kier alpha value is -1.92. The summed E-state index contributed by atoms with van der Waals surface area (Å²) in [6.45, 7) is 0.501. The Bertz CT molecular complexity index is 572. The van der Waals surface area contributed by atoms with Crippen LogP contribution >= 0.6 is 11.3 Å². The molecule has 1 atom stereocenters. The molecule has 0 aliphatic heterocycles. The van der Waals surface area contributed by atoms with Gasteiger partial charge in [0.25, 0.3) is 5.91 Å². The van der Waals surface area contributed by atoms with Crippen LogP contribution in [-0.4, -0.2) is 36.2 Å². The first-order valence-corrected chi connectivity index (χ1v) is 7.66. The number of carbonyl (C=O) groups is 1. The average molecular weight is 305 g/mol. The number of amides is 1. The molecule has 2 aromatic heterocycles. The van der Waals surface area contributed by atoms with Gasteiger partial charge in [0.1, 0.15) is 5.82 Å². The third-order valence-electron chi connectivity index (χ3n) is 3.16. The van der Waals surface area contributed by atoms with E-state index in [1.807, 2.05) is 17.5 Å². The zero-order valence-electron chi connectivity index (χ0n) is 11.9. The van der Waals surface area contributed by atoms with E-state index >= 15 is 0 Å². The Balaban J connectivity index is 1.89. The minimum Gasteiger partial charge on any atom is -0.396 e. The molecular weight excluding hydrogens is 286 g/mol. The van der Waals surface area contributed by atoms with Crippen LogP contribution in [-0.2, 0) is 6.42 Å². The zero-order valence-corrected chi connectivity index (χ0v) is 12.7. The number of anilines is 1. The van der Waals surface area contributed by atoms with Gasteiger partial charge in [-0.1, -0.05) is 6.07 Å². The van der Waals surface area contributed by atoms with Crippen LogP contribution in [0.5, 0.6) is 0 Å². The molecule has 0 bridgehead atoms. The van der Waals surface area contributed by atoms with E-state index in [4.69, 9.17) is 0 Å².